The maximum Gasteiger partial charge on any atom is 0.324 e. The Kier molecular flexibility index (Phi) is 4.67. The van der Waals surface area contributed by atoms with Crippen molar-refractivity contribution in [2.24, 2.45) is 0 Å². The summed E-state index contributed by atoms with van der Waals surface area (Å²) in [7, 11) is -3.20. The molecule has 1 atom stereocenters. The van der Waals surface area contributed by atoms with Crippen molar-refractivity contribution in [1.29, 1.82) is 0 Å². The number of carbonyl (C=O) groups is 1. The van der Waals surface area contributed by atoms with E-state index in [1.165, 1.54) is 0 Å². The summed E-state index contributed by atoms with van der Waals surface area (Å²) < 4.78 is 23.4. The number of carboxylic acid groups (broad SMARTS) is 1. The molecule has 0 saturated carbocycles. The van der Waals surface area contributed by atoms with Gasteiger partial charge in [0.15, 0.2) is 9.84 Å². The topological polar surface area (TPSA) is 74.7 Å². The number of sulfone groups is 1. The smallest absolute Gasteiger partial charge is 0.324 e. The van der Waals surface area contributed by atoms with Crippen LogP contribution in [0.2, 0.25) is 0 Å². The molecule has 1 N–H and O–H groups in total. The molecule has 0 bridgehead atoms. The zero-order valence-corrected chi connectivity index (χ0v) is 13.1. The molecule has 0 aromatic carbocycles. The number of hydrogen-bond acceptors (Lipinski definition) is 4. The molecule has 19 heavy (non-hydrogen) atoms. The summed E-state index contributed by atoms with van der Waals surface area (Å²) in [6.45, 7) is 7.86. The van der Waals surface area contributed by atoms with Gasteiger partial charge in [0.05, 0.1) is 10.5 Å². The molecule has 5 nitrogen and oxygen atoms in total. The number of likely N-dealkylation sites (tertiary alicyclic amines) is 1. The van der Waals surface area contributed by atoms with E-state index in [2.05, 4.69) is 0 Å². The lowest BCUT2D eigenvalue weighted by atomic mass is 9.93. The van der Waals surface area contributed by atoms with Crippen LogP contribution in [-0.2, 0) is 14.6 Å². The minimum Gasteiger partial charge on any atom is -0.480 e. The fourth-order valence-electron chi connectivity index (χ4n) is 2.59. The van der Waals surface area contributed by atoms with E-state index < -0.39 is 26.1 Å². The highest BCUT2D eigenvalue weighted by Crippen LogP contribution is 2.32. The largest absolute Gasteiger partial charge is 0.480 e. The van der Waals surface area contributed by atoms with Gasteiger partial charge in [0.2, 0.25) is 0 Å². The highest BCUT2D eigenvalue weighted by Gasteiger charge is 2.46. The number of carboxylic acids is 1. The van der Waals surface area contributed by atoms with Crippen molar-refractivity contribution >= 4 is 15.8 Å². The van der Waals surface area contributed by atoms with Gasteiger partial charge in [-0.15, -0.1) is 0 Å². The third kappa shape index (κ3) is 3.11. The zero-order chi connectivity index (χ0) is 14.9. The van der Waals surface area contributed by atoms with Crippen molar-refractivity contribution in [3.8, 4) is 0 Å². The average Bonchev–Trinajstić information content (AvgIpc) is 2.68. The van der Waals surface area contributed by atoms with Gasteiger partial charge in [0.1, 0.15) is 5.54 Å². The SMILES string of the molecule is CCC1(C(=O)O)CCCN1CCS(=O)(=O)C(C)(C)C. The van der Waals surface area contributed by atoms with E-state index in [-0.39, 0.29) is 5.75 Å². The first-order valence-electron chi connectivity index (χ1n) is 6.77. The molecule has 0 spiro atoms. The van der Waals surface area contributed by atoms with E-state index in [9.17, 15) is 18.3 Å². The van der Waals surface area contributed by atoms with Gasteiger partial charge in [-0.05, 0) is 46.6 Å². The number of nitrogens with zero attached hydrogens (tertiary/aromatic N) is 1. The molecule has 1 aliphatic heterocycles. The molecule has 0 aliphatic carbocycles. The lowest BCUT2D eigenvalue weighted by Crippen LogP contribution is -2.52. The van der Waals surface area contributed by atoms with Crippen LogP contribution in [-0.4, -0.2) is 53.5 Å². The summed E-state index contributed by atoms with van der Waals surface area (Å²) in [5.41, 5.74) is -0.868. The van der Waals surface area contributed by atoms with Crippen molar-refractivity contribution < 1.29 is 18.3 Å². The Hall–Kier alpha value is -0.620. The minimum atomic E-state index is -3.20. The number of rotatable bonds is 5. The Morgan fingerprint density at radius 1 is 1.37 bits per heavy atom. The maximum atomic E-state index is 12.1. The monoisotopic (exact) mass is 291 g/mol. The summed E-state index contributed by atoms with van der Waals surface area (Å²) in [6, 6.07) is 0. The molecule has 0 aromatic heterocycles. The molecule has 1 aliphatic rings. The van der Waals surface area contributed by atoms with Crippen LogP contribution in [0.4, 0.5) is 0 Å². The Morgan fingerprint density at radius 2 is 1.95 bits per heavy atom. The van der Waals surface area contributed by atoms with E-state index in [0.717, 1.165) is 6.42 Å². The molecule has 1 unspecified atom stereocenters. The summed E-state index contributed by atoms with van der Waals surface area (Å²) in [5.74, 6) is -0.813. The highest BCUT2D eigenvalue weighted by molar-refractivity contribution is 7.92. The van der Waals surface area contributed by atoms with Crippen molar-refractivity contribution in [3.05, 3.63) is 0 Å². The summed E-state index contributed by atoms with van der Waals surface area (Å²) in [6.07, 6.45) is 1.93. The molecule has 0 amide bonds. The first kappa shape index (κ1) is 16.4. The van der Waals surface area contributed by atoms with Gasteiger partial charge >= 0.3 is 5.97 Å². The molecule has 112 valence electrons. The maximum absolute atomic E-state index is 12.1. The molecule has 0 radical (unpaired) electrons. The molecule has 6 heteroatoms. The predicted molar refractivity (Wildman–Crippen MR) is 75.0 cm³/mol. The van der Waals surface area contributed by atoms with Gasteiger partial charge < -0.3 is 5.11 Å². The zero-order valence-electron chi connectivity index (χ0n) is 12.3. The first-order chi connectivity index (χ1) is 8.57. The van der Waals surface area contributed by atoms with Crippen LogP contribution in [0.1, 0.15) is 47.0 Å². The lowest BCUT2D eigenvalue weighted by molar-refractivity contribution is -0.149. The Labute approximate surface area is 115 Å². The third-order valence-electron chi connectivity index (χ3n) is 4.17. The van der Waals surface area contributed by atoms with Crippen LogP contribution in [0.5, 0.6) is 0 Å². The van der Waals surface area contributed by atoms with Crippen LogP contribution in [0.3, 0.4) is 0 Å². The normalized spacial score (nSPS) is 25.7. The third-order valence-corrected chi connectivity index (χ3v) is 6.76. The van der Waals surface area contributed by atoms with Crippen molar-refractivity contribution in [3.63, 3.8) is 0 Å². The van der Waals surface area contributed by atoms with Crippen LogP contribution < -0.4 is 0 Å². The van der Waals surface area contributed by atoms with Gasteiger partial charge in [-0.1, -0.05) is 6.92 Å². The van der Waals surface area contributed by atoms with Crippen LogP contribution >= 0.6 is 0 Å². The van der Waals surface area contributed by atoms with Crippen LogP contribution in [0, 0.1) is 0 Å². The van der Waals surface area contributed by atoms with Gasteiger partial charge in [0.25, 0.3) is 0 Å². The van der Waals surface area contributed by atoms with Crippen molar-refractivity contribution in [2.75, 3.05) is 18.8 Å². The van der Waals surface area contributed by atoms with Crippen molar-refractivity contribution in [1.82, 2.24) is 4.90 Å². The second-order valence-electron chi connectivity index (χ2n) is 6.21. The fourth-order valence-corrected chi connectivity index (χ4v) is 3.66. The van der Waals surface area contributed by atoms with Gasteiger partial charge in [-0.3, -0.25) is 9.69 Å². The Morgan fingerprint density at radius 3 is 2.37 bits per heavy atom. The summed E-state index contributed by atoms with van der Waals surface area (Å²) in [4.78, 5) is 13.3. The van der Waals surface area contributed by atoms with E-state index in [4.69, 9.17) is 0 Å². The summed E-state index contributed by atoms with van der Waals surface area (Å²) in [5, 5.41) is 9.43. The van der Waals surface area contributed by atoms with Gasteiger partial charge in [-0.2, -0.15) is 0 Å². The molecule has 1 rings (SSSR count). The standard InChI is InChI=1S/C13H25NO4S/c1-5-13(11(15)16)7-6-8-14(13)9-10-19(17,18)12(2,3)4/h5-10H2,1-4H3,(H,15,16). The molecule has 1 heterocycles. The first-order valence-corrected chi connectivity index (χ1v) is 8.43. The van der Waals surface area contributed by atoms with E-state index in [1.807, 2.05) is 11.8 Å². The quantitative estimate of drug-likeness (QED) is 0.831. The lowest BCUT2D eigenvalue weighted by Gasteiger charge is -2.34. The second-order valence-corrected chi connectivity index (χ2v) is 9.07. The number of hydrogen-bond donors (Lipinski definition) is 1. The molecule has 1 fully saturated rings. The van der Waals surface area contributed by atoms with Crippen molar-refractivity contribution in [2.45, 2.75) is 57.2 Å². The fraction of sp³-hybridized carbons (Fsp3) is 0.923. The minimum absolute atomic E-state index is 0.0194. The molecular formula is C13H25NO4S. The van der Waals surface area contributed by atoms with E-state index in [1.54, 1.807) is 20.8 Å². The number of aliphatic carboxylic acids is 1. The highest BCUT2D eigenvalue weighted by atomic mass is 32.2. The van der Waals surface area contributed by atoms with Crippen LogP contribution in [0.15, 0.2) is 0 Å². The Bertz CT molecular complexity index is 438. The van der Waals surface area contributed by atoms with E-state index >= 15 is 0 Å². The average molecular weight is 291 g/mol. The summed E-state index contributed by atoms with van der Waals surface area (Å²) >= 11 is 0. The molecule has 1 saturated heterocycles. The molecular weight excluding hydrogens is 266 g/mol. The van der Waals surface area contributed by atoms with Gasteiger partial charge in [0, 0.05) is 6.54 Å². The van der Waals surface area contributed by atoms with Gasteiger partial charge in [-0.25, -0.2) is 8.42 Å². The Balaban J connectivity index is 2.81. The molecule has 0 aromatic rings. The van der Waals surface area contributed by atoms with Crippen LogP contribution in [0.25, 0.3) is 0 Å². The second kappa shape index (κ2) is 5.40. The van der Waals surface area contributed by atoms with E-state index in [0.29, 0.717) is 25.9 Å². The predicted octanol–water partition coefficient (Wildman–Crippen LogP) is 1.53.